The van der Waals surface area contributed by atoms with Crippen molar-refractivity contribution in [2.24, 2.45) is 0 Å². The van der Waals surface area contributed by atoms with Crippen LogP contribution in [0.5, 0.6) is 5.75 Å². The summed E-state index contributed by atoms with van der Waals surface area (Å²) in [4.78, 5) is 15.9. The molecule has 3 aromatic rings. The minimum Gasteiger partial charge on any atom is -0.493 e. The number of imidazole rings is 1. The van der Waals surface area contributed by atoms with E-state index < -0.39 is 5.97 Å². The van der Waals surface area contributed by atoms with Crippen LogP contribution in [0, 0.1) is 13.8 Å². The number of thiazole rings is 1. The minimum absolute atomic E-state index is 0.0508. The van der Waals surface area contributed by atoms with Crippen molar-refractivity contribution in [1.29, 1.82) is 0 Å². The first-order valence-electron chi connectivity index (χ1n) is 6.95. The molecule has 2 heterocycles. The van der Waals surface area contributed by atoms with Gasteiger partial charge in [-0.25, -0.2) is 9.78 Å². The number of fused-ring (bicyclic) bond motifs is 1. The van der Waals surface area contributed by atoms with Crippen molar-refractivity contribution in [3.8, 4) is 17.0 Å². The molecular formula is C16H16N2O3S. The fraction of sp³-hybridized carbons (Fsp3) is 0.250. The highest BCUT2D eigenvalue weighted by atomic mass is 32.1. The third-order valence-electron chi connectivity index (χ3n) is 3.60. The first kappa shape index (κ1) is 14.6. The van der Waals surface area contributed by atoms with Crippen LogP contribution in [0.25, 0.3) is 16.2 Å². The Morgan fingerprint density at radius 1 is 1.36 bits per heavy atom. The predicted molar refractivity (Wildman–Crippen MR) is 86.1 cm³/mol. The molecule has 1 aromatic carbocycles. The summed E-state index contributed by atoms with van der Waals surface area (Å²) in [6.07, 6.45) is 1.55. The van der Waals surface area contributed by atoms with Gasteiger partial charge in [-0.15, -0.1) is 11.3 Å². The highest BCUT2D eigenvalue weighted by Gasteiger charge is 2.17. The smallest absolute Gasteiger partial charge is 0.356 e. The lowest BCUT2D eigenvalue weighted by Gasteiger charge is -2.12. The van der Waals surface area contributed by atoms with Crippen LogP contribution in [0.15, 0.2) is 23.7 Å². The normalized spacial score (nSPS) is 11.0. The summed E-state index contributed by atoms with van der Waals surface area (Å²) in [5, 5.41) is 11.1. The van der Waals surface area contributed by atoms with E-state index in [4.69, 9.17) is 9.84 Å². The first-order valence-corrected chi connectivity index (χ1v) is 7.83. The lowest BCUT2D eigenvalue weighted by atomic mass is 10.0. The second-order valence-corrected chi connectivity index (χ2v) is 5.91. The van der Waals surface area contributed by atoms with Gasteiger partial charge in [-0.05, 0) is 44.0 Å². The molecule has 0 bridgehead atoms. The summed E-state index contributed by atoms with van der Waals surface area (Å²) in [6.45, 7) is 6.62. The quantitative estimate of drug-likeness (QED) is 0.795. The number of ether oxygens (including phenoxy) is 1. The molecule has 0 radical (unpaired) electrons. The summed E-state index contributed by atoms with van der Waals surface area (Å²) in [7, 11) is 0. The number of carboxylic acid groups (broad SMARTS) is 1. The van der Waals surface area contributed by atoms with Gasteiger partial charge in [0.2, 0.25) is 0 Å². The second kappa shape index (κ2) is 5.46. The number of carbonyl (C=O) groups is 1. The summed E-state index contributed by atoms with van der Waals surface area (Å²) < 4.78 is 7.56. The average molecular weight is 316 g/mol. The SMILES string of the molecule is CCOc1cc(C)c(C)cc1-c1csc2nc(C(=O)O)cn12. The number of hydrogen-bond donors (Lipinski definition) is 1. The molecule has 0 aliphatic rings. The molecule has 0 spiro atoms. The lowest BCUT2D eigenvalue weighted by molar-refractivity contribution is 0.0691. The van der Waals surface area contributed by atoms with Crippen LogP contribution in [0.2, 0.25) is 0 Å². The van der Waals surface area contributed by atoms with Crippen molar-refractivity contribution in [2.45, 2.75) is 20.8 Å². The van der Waals surface area contributed by atoms with Crippen LogP contribution < -0.4 is 4.74 Å². The third kappa shape index (κ3) is 2.35. The maximum atomic E-state index is 11.1. The monoisotopic (exact) mass is 316 g/mol. The van der Waals surface area contributed by atoms with Crippen molar-refractivity contribution in [3.05, 3.63) is 40.5 Å². The Hall–Kier alpha value is -2.34. The Bertz CT molecular complexity index is 864. The molecule has 0 aliphatic heterocycles. The average Bonchev–Trinajstić information content (AvgIpc) is 3.03. The molecule has 0 aliphatic carbocycles. The first-order chi connectivity index (χ1) is 10.5. The molecule has 0 saturated carbocycles. The van der Waals surface area contributed by atoms with Gasteiger partial charge in [0.25, 0.3) is 0 Å². The maximum absolute atomic E-state index is 11.1. The van der Waals surface area contributed by atoms with Crippen molar-refractivity contribution in [2.75, 3.05) is 6.61 Å². The lowest BCUT2D eigenvalue weighted by Crippen LogP contribution is -1.98. The Morgan fingerprint density at radius 3 is 2.77 bits per heavy atom. The van der Waals surface area contributed by atoms with Crippen molar-refractivity contribution in [3.63, 3.8) is 0 Å². The second-order valence-electron chi connectivity index (χ2n) is 5.07. The molecule has 0 atom stereocenters. The molecule has 1 N–H and O–H groups in total. The van der Waals surface area contributed by atoms with Gasteiger partial charge in [-0.1, -0.05) is 0 Å². The Kier molecular flexibility index (Phi) is 3.62. The number of nitrogens with zero attached hydrogens (tertiary/aromatic N) is 2. The van der Waals surface area contributed by atoms with E-state index in [-0.39, 0.29) is 5.69 Å². The molecule has 114 valence electrons. The number of benzene rings is 1. The summed E-state index contributed by atoms with van der Waals surface area (Å²) >= 11 is 1.42. The van der Waals surface area contributed by atoms with Gasteiger partial charge >= 0.3 is 5.97 Å². The Labute approximate surface area is 131 Å². The molecule has 5 nitrogen and oxygen atoms in total. The van der Waals surface area contributed by atoms with Gasteiger partial charge in [-0.3, -0.25) is 4.40 Å². The molecule has 22 heavy (non-hydrogen) atoms. The molecule has 0 fully saturated rings. The van der Waals surface area contributed by atoms with Crippen LogP contribution in [0.4, 0.5) is 0 Å². The van der Waals surface area contributed by atoms with Crippen molar-refractivity contribution in [1.82, 2.24) is 9.38 Å². The number of aryl methyl sites for hydroxylation is 2. The van der Waals surface area contributed by atoms with Crippen LogP contribution in [-0.4, -0.2) is 27.1 Å². The number of carboxylic acids is 1. The Balaban J connectivity index is 2.22. The Morgan fingerprint density at radius 2 is 2.09 bits per heavy atom. The van der Waals surface area contributed by atoms with Crippen molar-refractivity contribution < 1.29 is 14.6 Å². The zero-order valence-corrected chi connectivity index (χ0v) is 13.4. The number of hydrogen-bond acceptors (Lipinski definition) is 4. The van der Waals surface area contributed by atoms with Gasteiger partial charge in [0.15, 0.2) is 10.7 Å². The van der Waals surface area contributed by atoms with Gasteiger partial charge in [0.05, 0.1) is 12.3 Å². The molecule has 3 rings (SSSR count). The topological polar surface area (TPSA) is 63.8 Å². The van der Waals surface area contributed by atoms with Crippen molar-refractivity contribution >= 4 is 22.3 Å². The molecule has 0 unspecified atom stereocenters. The number of aromatic carboxylic acids is 1. The van der Waals surface area contributed by atoms with E-state index in [1.165, 1.54) is 11.3 Å². The van der Waals surface area contributed by atoms with E-state index >= 15 is 0 Å². The fourth-order valence-electron chi connectivity index (χ4n) is 2.35. The van der Waals surface area contributed by atoms with Gasteiger partial charge in [-0.2, -0.15) is 0 Å². The predicted octanol–water partition coefficient (Wildman–Crippen LogP) is 3.78. The standard InChI is InChI=1S/C16H16N2O3S/c1-4-21-14-6-10(3)9(2)5-11(14)13-8-22-16-17-12(15(19)20)7-18(13)16/h5-8H,4H2,1-3H3,(H,19,20). The minimum atomic E-state index is -1.02. The van der Waals surface area contributed by atoms with E-state index in [2.05, 4.69) is 18.0 Å². The summed E-state index contributed by atoms with van der Waals surface area (Å²) in [5.74, 6) is -0.220. The van der Waals surface area contributed by atoms with E-state index in [0.29, 0.717) is 11.6 Å². The van der Waals surface area contributed by atoms with Crippen LogP contribution in [0.1, 0.15) is 28.5 Å². The zero-order valence-electron chi connectivity index (χ0n) is 12.6. The van der Waals surface area contributed by atoms with Gasteiger partial charge in [0.1, 0.15) is 5.75 Å². The van der Waals surface area contributed by atoms with Crippen LogP contribution >= 0.6 is 11.3 Å². The maximum Gasteiger partial charge on any atom is 0.356 e. The van der Waals surface area contributed by atoms with Crippen LogP contribution in [-0.2, 0) is 0 Å². The number of aromatic nitrogens is 2. The molecule has 2 aromatic heterocycles. The molecule has 6 heteroatoms. The van der Waals surface area contributed by atoms with E-state index in [0.717, 1.165) is 28.1 Å². The summed E-state index contributed by atoms with van der Waals surface area (Å²) in [6, 6.07) is 4.09. The largest absolute Gasteiger partial charge is 0.493 e. The molecule has 0 saturated heterocycles. The van der Waals surface area contributed by atoms with Gasteiger partial charge in [0, 0.05) is 17.1 Å². The van der Waals surface area contributed by atoms with E-state index in [9.17, 15) is 4.79 Å². The fourth-order valence-corrected chi connectivity index (χ4v) is 3.22. The molecule has 0 amide bonds. The number of rotatable bonds is 4. The zero-order chi connectivity index (χ0) is 15.9. The van der Waals surface area contributed by atoms with E-state index in [1.54, 1.807) is 10.6 Å². The van der Waals surface area contributed by atoms with Crippen LogP contribution in [0.3, 0.4) is 0 Å². The highest BCUT2D eigenvalue weighted by Crippen LogP contribution is 2.35. The third-order valence-corrected chi connectivity index (χ3v) is 4.44. The summed E-state index contributed by atoms with van der Waals surface area (Å²) in [5.41, 5.74) is 4.22. The van der Waals surface area contributed by atoms with Gasteiger partial charge < -0.3 is 9.84 Å². The van der Waals surface area contributed by atoms with E-state index in [1.807, 2.05) is 25.3 Å². The highest BCUT2D eigenvalue weighted by molar-refractivity contribution is 7.15. The molecular weight excluding hydrogens is 300 g/mol.